The van der Waals surface area contributed by atoms with E-state index < -0.39 is 23.9 Å². The molecule has 21 nitrogen and oxygen atoms in total. The molecule has 1 saturated carbocycles. The van der Waals surface area contributed by atoms with Gasteiger partial charge in [-0.05, 0) is 112 Å². The number of aromatic nitrogens is 2. The van der Waals surface area contributed by atoms with Gasteiger partial charge in [-0.1, -0.05) is 61.4 Å². The summed E-state index contributed by atoms with van der Waals surface area (Å²) in [5.74, 6) is -1.82. The number of carbonyl (C=O) groups is 4. The minimum atomic E-state index is -0.540. The number of ether oxygens (including phenoxy) is 2. The van der Waals surface area contributed by atoms with Crippen LogP contribution in [0.3, 0.4) is 0 Å². The highest BCUT2D eigenvalue weighted by Gasteiger charge is 2.29. The van der Waals surface area contributed by atoms with E-state index in [0.29, 0.717) is 71.4 Å². The molecule has 426 valence electrons. The standard InChI is InChI=1S/C31H41N5O5.C28H34N6O5/c1-5-7-13-28(34-40-19(3)37)21-14-24-25-15-22(17-27(33)31(25)36(6-2)30(24)26(32)16-21)29(35-41-20(4)38)18-39-23-11-9-8-10-12-23;1-5-8-24(31-38-17(3)35)19-11-22-21-12-20(28(32-39-18(4)36)37-15-33-9-6-7-10-33)13-23(29)26(21)34-16(2)30-25(14-19)27(22)34/h14-17,23H,5-13,18,32-33H2,1-4H3;11-14,16,30H,5-10,15,29H2,1-4H3/b34-28+,35-29+;31-24+,32-28-. The minimum Gasteiger partial charge on any atom is -0.459 e. The molecule has 7 N–H and O–H groups in total. The van der Waals surface area contributed by atoms with Gasteiger partial charge < -0.3 is 60.5 Å². The van der Waals surface area contributed by atoms with E-state index in [1.54, 1.807) is 6.07 Å². The number of likely N-dealkylation sites (tertiary alicyclic amines) is 1. The normalized spacial score (nSPS) is 16.3. The average molecular weight is 1100 g/mol. The van der Waals surface area contributed by atoms with Gasteiger partial charge in [-0.2, -0.15) is 0 Å². The second-order valence-electron chi connectivity index (χ2n) is 20.6. The van der Waals surface area contributed by atoms with Crippen molar-refractivity contribution >= 4 is 113 Å². The summed E-state index contributed by atoms with van der Waals surface area (Å²) in [5, 5.41) is 23.6. The van der Waals surface area contributed by atoms with Gasteiger partial charge in [-0.15, -0.1) is 0 Å². The number of carbonyl (C=O) groups excluding carboxylic acids is 4. The topological polar surface area (TPSA) is 276 Å². The van der Waals surface area contributed by atoms with Crippen LogP contribution in [0.15, 0.2) is 69.2 Å². The van der Waals surface area contributed by atoms with Gasteiger partial charge in [0.05, 0.1) is 69.0 Å². The second kappa shape index (κ2) is 26.3. The first-order chi connectivity index (χ1) is 38.5. The van der Waals surface area contributed by atoms with E-state index in [-0.39, 0.29) is 24.8 Å². The van der Waals surface area contributed by atoms with Gasteiger partial charge in [-0.25, -0.2) is 19.2 Å². The summed E-state index contributed by atoms with van der Waals surface area (Å²) in [7, 11) is 0. The van der Waals surface area contributed by atoms with Crippen molar-refractivity contribution in [3.63, 3.8) is 0 Å². The first kappa shape index (κ1) is 58.1. The molecule has 0 radical (unpaired) electrons. The molecule has 0 spiro atoms. The van der Waals surface area contributed by atoms with E-state index in [1.165, 1.54) is 34.1 Å². The molecule has 21 heteroatoms. The Morgan fingerprint density at radius 3 is 1.62 bits per heavy atom. The first-order valence-corrected chi connectivity index (χ1v) is 27.8. The van der Waals surface area contributed by atoms with E-state index in [2.05, 4.69) is 53.8 Å². The molecule has 2 aromatic heterocycles. The predicted molar refractivity (Wildman–Crippen MR) is 313 cm³/mol. The number of rotatable bonds is 19. The van der Waals surface area contributed by atoms with E-state index in [9.17, 15) is 19.2 Å². The summed E-state index contributed by atoms with van der Waals surface area (Å²) in [6.45, 7) is 16.6. The highest BCUT2D eigenvalue weighted by atomic mass is 16.7. The number of hydrogen-bond acceptors (Lipinski definition) is 19. The molecule has 1 saturated heterocycles. The van der Waals surface area contributed by atoms with Crippen molar-refractivity contribution in [2.45, 2.75) is 151 Å². The molecule has 1 aliphatic carbocycles. The van der Waals surface area contributed by atoms with Crippen molar-refractivity contribution in [3.05, 3.63) is 70.8 Å². The number of aryl methyl sites for hydroxylation is 1. The number of anilines is 4. The molecular formula is C59H75N11O10. The zero-order valence-corrected chi connectivity index (χ0v) is 47.2. The smallest absolute Gasteiger partial charge is 0.332 e. The van der Waals surface area contributed by atoms with E-state index >= 15 is 0 Å². The third kappa shape index (κ3) is 13.3. The summed E-state index contributed by atoms with van der Waals surface area (Å²) < 4.78 is 16.5. The Morgan fingerprint density at radius 2 is 1.06 bits per heavy atom. The summed E-state index contributed by atoms with van der Waals surface area (Å²) >= 11 is 0. The van der Waals surface area contributed by atoms with Gasteiger partial charge in [0.25, 0.3) is 5.90 Å². The van der Waals surface area contributed by atoms with E-state index in [1.807, 2.05) is 56.3 Å². The number of benzene rings is 4. The SMILES string of the molecule is CCC/C(=N\OC(C)=O)c1cc2c3c(c1)c1cc(/C(=N/OC(C)=O)OCN4CCCC4)cc(N)c1n3C(C)N2.CCCC/C(=N\OC(C)=O)c1cc(N)c2c(c1)c1cc(/C(COC3CCCCC3)=N/OC(C)=O)cc(N)c1n2CC. The Kier molecular flexibility index (Phi) is 19.1. The molecule has 0 amide bonds. The summed E-state index contributed by atoms with van der Waals surface area (Å²) in [5.41, 5.74) is 31.0. The zero-order chi connectivity index (χ0) is 57.2. The molecule has 0 bridgehead atoms. The van der Waals surface area contributed by atoms with Crippen LogP contribution in [0, 0.1) is 0 Å². The van der Waals surface area contributed by atoms with Crippen LogP contribution in [0.1, 0.15) is 161 Å². The molecule has 1 atom stereocenters. The second-order valence-corrected chi connectivity index (χ2v) is 20.6. The zero-order valence-electron chi connectivity index (χ0n) is 47.2. The number of unbranched alkanes of at least 4 members (excludes halogenated alkanes) is 1. The Bertz CT molecular complexity index is 3430. The number of fused-ring (bicyclic) bond motifs is 6. The third-order valence-electron chi connectivity index (χ3n) is 14.4. The number of nitrogens with zero attached hydrogens (tertiary/aromatic N) is 7. The predicted octanol–water partition coefficient (Wildman–Crippen LogP) is 10.7. The van der Waals surface area contributed by atoms with Crippen molar-refractivity contribution in [2.24, 2.45) is 20.6 Å². The average Bonchev–Trinajstić information content (AvgIpc) is 4.36. The highest BCUT2D eigenvalue weighted by Crippen LogP contribution is 2.45. The molecule has 4 aromatic carbocycles. The van der Waals surface area contributed by atoms with E-state index in [4.69, 9.17) is 46.0 Å². The maximum absolute atomic E-state index is 11.6. The van der Waals surface area contributed by atoms with Crippen molar-refractivity contribution in [2.75, 3.05) is 48.9 Å². The maximum atomic E-state index is 11.6. The van der Waals surface area contributed by atoms with Crippen LogP contribution in [0.5, 0.6) is 0 Å². The van der Waals surface area contributed by atoms with Gasteiger partial charge in [0, 0.05) is 91.1 Å². The van der Waals surface area contributed by atoms with E-state index in [0.717, 1.165) is 131 Å². The maximum Gasteiger partial charge on any atom is 0.332 e. The lowest BCUT2D eigenvalue weighted by atomic mass is 9.97. The highest BCUT2D eigenvalue weighted by molar-refractivity contribution is 6.21. The number of nitrogens with two attached hydrogens (primary N) is 3. The monoisotopic (exact) mass is 1100 g/mol. The molecule has 9 rings (SSSR count). The first-order valence-electron chi connectivity index (χ1n) is 27.8. The molecular weight excluding hydrogens is 1020 g/mol. The fraction of sp³-hybridized carbons (Fsp3) is 0.458. The molecule has 2 aliphatic heterocycles. The van der Waals surface area contributed by atoms with Crippen LogP contribution in [0.2, 0.25) is 0 Å². The van der Waals surface area contributed by atoms with Gasteiger partial charge in [0.15, 0.2) is 0 Å². The molecule has 1 unspecified atom stereocenters. The van der Waals surface area contributed by atoms with Crippen LogP contribution < -0.4 is 22.5 Å². The largest absolute Gasteiger partial charge is 0.459 e. The van der Waals surface area contributed by atoms with Crippen molar-refractivity contribution in [3.8, 4) is 0 Å². The number of nitrogen functional groups attached to an aromatic ring is 3. The molecule has 2 fully saturated rings. The number of nitrogens with one attached hydrogen (secondary N) is 1. The van der Waals surface area contributed by atoms with Crippen molar-refractivity contribution in [1.29, 1.82) is 0 Å². The fourth-order valence-electron chi connectivity index (χ4n) is 10.9. The fourth-order valence-corrected chi connectivity index (χ4v) is 10.9. The number of oxime groups is 4. The minimum absolute atomic E-state index is 0.0379. The Labute approximate surface area is 465 Å². The van der Waals surface area contributed by atoms with Gasteiger partial charge >= 0.3 is 23.9 Å². The number of hydrogen-bond donors (Lipinski definition) is 4. The lowest BCUT2D eigenvalue weighted by Crippen LogP contribution is -2.25. The quantitative estimate of drug-likeness (QED) is 0.0193. The molecule has 6 aromatic rings. The van der Waals surface area contributed by atoms with Crippen molar-refractivity contribution in [1.82, 2.24) is 14.0 Å². The lowest BCUT2D eigenvalue weighted by molar-refractivity contribution is -0.142. The molecule has 3 aliphatic rings. The van der Waals surface area contributed by atoms with Crippen molar-refractivity contribution < 1.29 is 48.0 Å². The Balaban J connectivity index is 0.000000210. The third-order valence-corrected chi connectivity index (χ3v) is 14.4. The summed E-state index contributed by atoms with van der Waals surface area (Å²) in [4.78, 5) is 68.4. The van der Waals surface area contributed by atoms with Gasteiger partial charge in [-0.3, -0.25) is 4.90 Å². The molecule has 4 heterocycles. The van der Waals surface area contributed by atoms with Crippen LogP contribution in [0.4, 0.5) is 22.7 Å². The summed E-state index contributed by atoms with van der Waals surface area (Å²) in [6, 6.07) is 15.6. The molecule has 80 heavy (non-hydrogen) atoms. The Hall–Kier alpha value is -8.04. The Morgan fingerprint density at radius 1 is 0.575 bits per heavy atom. The van der Waals surface area contributed by atoms with Crippen LogP contribution >= 0.6 is 0 Å². The summed E-state index contributed by atoms with van der Waals surface area (Å²) in [6.07, 6.45) is 11.8. The van der Waals surface area contributed by atoms with Crippen LogP contribution in [0.25, 0.3) is 43.6 Å². The van der Waals surface area contributed by atoms with Gasteiger partial charge in [0.1, 0.15) is 18.6 Å². The van der Waals surface area contributed by atoms with Crippen LogP contribution in [-0.2, 0) is 54.5 Å². The van der Waals surface area contributed by atoms with Gasteiger partial charge in [0.2, 0.25) is 0 Å². The van der Waals surface area contributed by atoms with Crippen LogP contribution in [-0.4, -0.2) is 93.5 Å². The lowest BCUT2D eigenvalue weighted by Gasteiger charge is -2.22.